The van der Waals surface area contributed by atoms with Gasteiger partial charge in [-0.3, -0.25) is 0 Å². The normalized spacial score (nSPS) is 21.0. The second-order valence-corrected chi connectivity index (χ2v) is 6.48. The van der Waals surface area contributed by atoms with E-state index in [-0.39, 0.29) is 0 Å². The average molecular weight is 286 g/mol. The topological polar surface area (TPSA) is 47.3 Å². The highest BCUT2D eigenvalue weighted by Gasteiger charge is 2.22. The summed E-state index contributed by atoms with van der Waals surface area (Å²) in [6.45, 7) is 8.42. The Hall–Kier alpha value is -1.53. The number of nitriles is 1. The van der Waals surface area contributed by atoms with Crippen LogP contribution < -0.4 is 4.90 Å². The smallest absolute Gasteiger partial charge is 0.0992 e. The first-order chi connectivity index (χ1) is 10.0. The minimum Gasteiger partial charge on any atom is -0.389 e. The van der Waals surface area contributed by atoms with Crippen molar-refractivity contribution in [1.82, 2.24) is 0 Å². The summed E-state index contributed by atoms with van der Waals surface area (Å²) in [5.74, 6) is 1.51. The lowest BCUT2D eigenvalue weighted by Crippen LogP contribution is -2.26. The molecule has 1 unspecified atom stereocenters. The summed E-state index contributed by atoms with van der Waals surface area (Å²) in [4.78, 5) is 2.35. The fraction of sp³-hybridized carbons (Fsp3) is 0.611. The van der Waals surface area contributed by atoms with Crippen molar-refractivity contribution in [1.29, 1.82) is 5.26 Å². The zero-order valence-electron chi connectivity index (χ0n) is 13.3. The van der Waals surface area contributed by atoms with Crippen molar-refractivity contribution < 1.29 is 5.11 Å². The molecule has 0 bridgehead atoms. The van der Waals surface area contributed by atoms with Gasteiger partial charge in [0.05, 0.1) is 17.7 Å². The molecule has 21 heavy (non-hydrogen) atoms. The standard InChI is InChI=1S/C18H26N2O/c1-13(2)16-5-4-9-20(10-8-16)18-11-15(12-19)6-7-17(18)14(3)21/h6-7,11,13-14,16,21H,4-5,8-10H2,1-3H3/t14-,16?/m0/s1. The van der Waals surface area contributed by atoms with Gasteiger partial charge in [0.1, 0.15) is 0 Å². The first-order valence-corrected chi connectivity index (χ1v) is 8.00. The number of aliphatic hydroxyl groups is 1. The highest BCUT2D eigenvalue weighted by Crippen LogP contribution is 2.32. The highest BCUT2D eigenvalue weighted by atomic mass is 16.3. The highest BCUT2D eigenvalue weighted by molar-refractivity contribution is 5.58. The Balaban J connectivity index is 2.26. The van der Waals surface area contributed by atoms with E-state index in [1.54, 1.807) is 13.0 Å². The van der Waals surface area contributed by atoms with E-state index in [0.717, 1.165) is 36.2 Å². The minimum atomic E-state index is -0.503. The molecule has 0 radical (unpaired) electrons. The Bertz CT molecular complexity index is 516. The molecule has 0 amide bonds. The quantitative estimate of drug-likeness (QED) is 0.917. The van der Waals surface area contributed by atoms with Crippen LogP contribution in [-0.2, 0) is 0 Å². The predicted octanol–water partition coefficient (Wildman–Crippen LogP) is 3.87. The first-order valence-electron chi connectivity index (χ1n) is 8.00. The molecule has 3 heteroatoms. The maximum atomic E-state index is 10.00. The molecule has 1 N–H and O–H groups in total. The van der Waals surface area contributed by atoms with E-state index in [9.17, 15) is 5.11 Å². The van der Waals surface area contributed by atoms with Crippen molar-refractivity contribution >= 4 is 5.69 Å². The summed E-state index contributed by atoms with van der Waals surface area (Å²) in [6.07, 6.45) is 3.14. The monoisotopic (exact) mass is 286 g/mol. The van der Waals surface area contributed by atoms with Crippen LogP contribution >= 0.6 is 0 Å². The van der Waals surface area contributed by atoms with Crippen molar-refractivity contribution in [2.45, 2.75) is 46.1 Å². The van der Waals surface area contributed by atoms with Gasteiger partial charge in [-0.1, -0.05) is 19.9 Å². The van der Waals surface area contributed by atoms with Gasteiger partial charge in [-0.15, -0.1) is 0 Å². The summed E-state index contributed by atoms with van der Waals surface area (Å²) in [6, 6.07) is 7.82. The molecule has 0 aliphatic carbocycles. The summed E-state index contributed by atoms with van der Waals surface area (Å²) >= 11 is 0. The SMILES string of the molecule is CC(C)C1CCCN(c2cc(C#N)ccc2[C@H](C)O)CC1. The number of benzene rings is 1. The van der Waals surface area contributed by atoms with Crippen molar-refractivity contribution in [2.75, 3.05) is 18.0 Å². The minimum absolute atomic E-state index is 0.503. The zero-order valence-corrected chi connectivity index (χ0v) is 13.3. The van der Waals surface area contributed by atoms with Crippen LogP contribution in [0.1, 0.15) is 57.3 Å². The maximum Gasteiger partial charge on any atom is 0.0992 e. The summed E-state index contributed by atoms with van der Waals surface area (Å²) < 4.78 is 0. The molecule has 1 fully saturated rings. The predicted molar refractivity (Wildman–Crippen MR) is 86.2 cm³/mol. The average Bonchev–Trinajstić information content (AvgIpc) is 2.72. The van der Waals surface area contributed by atoms with E-state index in [4.69, 9.17) is 5.26 Å². The fourth-order valence-electron chi connectivity index (χ4n) is 3.27. The van der Waals surface area contributed by atoms with E-state index >= 15 is 0 Å². The molecule has 1 aliphatic rings. The van der Waals surface area contributed by atoms with Crippen molar-refractivity contribution in [3.8, 4) is 6.07 Å². The number of nitrogens with zero attached hydrogens (tertiary/aromatic N) is 2. The van der Waals surface area contributed by atoms with E-state index in [0.29, 0.717) is 5.56 Å². The molecule has 114 valence electrons. The summed E-state index contributed by atoms with van der Waals surface area (Å²) in [5, 5.41) is 19.1. The second-order valence-electron chi connectivity index (χ2n) is 6.48. The third-order valence-corrected chi connectivity index (χ3v) is 4.67. The molecule has 0 aromatic heterocycles. The lowest BCUT2D eigenvalue weighted by atomic mass is 9.89. The molecule has 1 heterocycles. The van der Waals surface area contributed by atoms with Gasteiger partial charge >= 0.3 is 0 Å². The van der Waals surface area contributed by atoms with E-state index in [1.807, 2.05) is 12.1 Å². The van der Waals surface area contributed by atoms with Crippen LogP contribution in [0.4, 0.5) is 5.69 Å². The van der Waals surface area contributed by atoms with Gasteiger partial charge in [-0.25, -0.2) is 0 Å². The van der Waals surface area contributed by atoms with Crippen LogP contribution in [0.15, 0.2) is 18.2 Å². The third kappa shape index (κ3) is 3.77. The Kier molecular flexibility index (Phi) is 5.25. The summed E-state index contributed by atoms with van der Waals surface area (Å²) in [5.41, 5.74) is 2.63. The maximum absolute atomic E-state index is 10.00. The van der Waals surface area contributed by atoms with Crippen LogP contribution in [0.5, 0.6) is 0 Å². The summed E-state index contributed by atoms with van der Waals surface area (Å²) in [7, 11) is 0. The van der Waals surface area contributed by atoms with Gasteiger partial charge in [-0.2, -0.15) is 5.26 Å². The number of aliphatic hydroxyl groups excluding tert-OH is 1. The Labute approximate surface area is 128 Å². The number of anilines is 1. The Morgan fingerprint density at radius 2 is 2.00 bits per heavy atom. The van der Waals surface area contributed by atoms with Crippen molar-refractivity contribution in [2.24, 2.45) is 11.8 Å². The van der Waals surface area contributed by atoms with Gasteiger partial charge in [0.15, 0.2) is 0 Å². The molecule has 1 saturated heterocycles. The molecule has 2 atom stereocenters. The van der Waals surface area contributed by atoms with Gasteiger partial charge in [0.25, 0.3) is 0 Å². The van der Waals surface area contributed by atoms with Gasteiger partial charge in [-0.05, 0) is 50.2 Å². The Morgan fingerprint density at radius 1 is 1.24 bits per heavy atom. The Morgan fingerprint density at radius 3 is 2.62 bits per heavy atom. The molecule has 2 rings (SSSR count). The van der Waals surface area contributed by atoms with Crippen molar-refractivity contribution in [3.63, 3.8) is 0 Å². The van der Waals surface area contributed by atoms with Crippen molar-refractivity contribution in [3.05, 3.63) is 29.3 Å². The van der Waals surface area contributed by atoms with Crippen LogP contribution in [0.2, 0.25) is 0 Å². The zero-order chi connectivity index (χ0) is 15.4. The number of hydrogen-bond acceptors (Lipinski definition) is 3. The van der Waals surface area contributed by atoms with Crippen LogP contribution in [0.25, 0.3) is 0 Å². The van der Waals surface area contributed by atoms with Gasteiger partial charge < -0.3 is 10.0 Å². The molecule has 3 nitrogen and oxygen atoms in total. The lowest BCUT2D eigenvalue weighted by Gasteiger charge is -2.27. The molecule has 1 aromatic carbocycles. The second kappa shape index (κ2) is 6.95. The number of hydrogen-bond donors (Lipinski definition) is 1. The van der Waals surface area contributed by atoms with E-state index in [1.165, 1.54) is 19.3 Å². The molecular weight excluding hydrogens is 260 g/mol. The van der Waals surface area contributed by atoms with Crippen LogP contribution in [0.3, 0.4) is 0 Å². The molecular formula is C18H26N2O. The number of rotatable bonds is 3. The van der Waals surface area contributed by atoms with Gasteiger partial charge in [0, 0.05) is 24.3 Å². The van der Waals surface area contributed by atoms with Crippen LogP contribution in [-0.4, -0.2) is 18.2 Å². The molecule has 0 saturated carbocycles. The fourth-order valence-corrected chi connectivity index (χ4v) is 3.27. The first kappa shape index (κ1) is 15.9. The largest absolute Gasteiger partial charge is 0.389 e. The van der Waals surface area contributed by atoms with Gasteiger partial charge in [0.2, 0.25) is 0 Å². The molecule has 0 spiro atoms. The van der Waals surface area contributed by atoms with E-state index in [2.05, 4.69) is 24.8 Å². The molecule has 1 aromatic rings. The van der Waals surface area contributed by atoms with Crippen LogP contribution in [0, 0.1) is 23.2 Å². The third-order valence-electron chi connectivity index (χ3n) is 4.67. The molecule has 1 aliphatic heterocycles. The lowest BCUT2D eigenvalue weighted by molar-refractivity contribution is 0.199. The van der Waals surface area contributed by atoms with E-state index < -0.39 is 6.10 Å².